The SMILES string of the molecule is CCn1c(=O)c(=O)[nH]c2cc(-c3nc(-c4ccc(Br)o4)no3)ccc21. The number of hydrogen-bond acceptors (Lipinski definition) is 6. The number of benzene rings is 1. The van der Waals surface area contributed by atoms with E-state index in [0.717, 1.165) is 0 Å². The predicted octanol–water partition coefficient (Wildman–Crippen LogP) is 2.78. The first-order valence-electron chi connectivity index (χ1n) is 7.43. The fourth-order valence-corrected chi connectivity index (χ4v) is 2.91. The average Bonchev–Trinajstić information content (AvgIpc) is 3.24. The van der Waals surface area contributed by atoms with Crippen LogP contribution in [0.1, 0.15) is 6.92 Å². The van der Waals surface area contributed by atoms with E-state index >= 15 is 0 Å². The summed E-state index contributed by atoms with van der Waals surface area (Å²) < 4.78 is 12.6. The average molecular weight is 403 g/mol. The molecule has 0 aliphatic heterocycles. The second kappa shape index (κ2) is 5.85. The van der Waals surface area contributed by atoms with Crippen LogP contribution in [0.15, 0.2) is 53.5 Å². The molecule has 0 atom stereocenters. The Labute approximate surface area is 148 Å². The molecule has 0 unspecified atom stereocenters. The smallest absolute Gasteiger partial charge is 0.316 e. The number of aryl methyl sites for hydroxylation is 1. The lowest BCUT2D eigenvalue weighted by Gasteiger charge is -2.07. The zero-order chi connectivity index (χ0) is 17.6. The number of nitrogens with zero attached hydrogens (tertiary/aromatic N) is 3. The van der Waals surface area contributed by atoms with Crippen LogP contribution < -0.4 is 11.1 Å². The van der Waals surface area contributed by atoms with Gasteiger partial charge in [0.1, 0.15) is 0 Å². The molecule has 1 N–H and O–H groups in total. The maximum absolute atomic E-state index is 11.9. The molecule has 4 aromatic rings. The first-order valence-corrected chi connectivity index (χ1v) is 8.23. The molecule has 0 spiro atoms. The van der Waals surface area contributed by atoms with Gasteiger partial charge in [0.15, 0.2) is 10.4 Å². The molecule has 3 heterocycles. The van der Waals surface area contributed by atoms with Crippen molar-refractivity contribution in [3.63, 3.8) is 0 Å². The van der Waals surface area contributed by atoms with E-state index in [-0.39, 0.29) is 5.89 Å². The summed E-state index contributed by atoms with van der Waals surface area (Å²) >= 11 is 3.22. The predicted molar refractivity (Wildman–Crippen MR) is 93.2 cm³/mol. The summed E-state index contributed by atoms with van der Waals surface area (Å²) in [5.41, 5.74) is 0.521. The Bertz CT molecular complexity index is 1200. The third-order valence-corrected chi connectivity index (χ3v) is 4.18. The van der Waals surface area contributed by atoms with Gasteiger partial charge in [-0.1, -0.05) is 5.16 Å². The standard InChI is InChI=1S/C16H11BrN4O4/c1-2-21-10-4-3-8(7-9(10)18-14(22)16(21)23)15-19-13(20-25-15)11-5-6-12(17)24-11/h3-7H,2H2,1H3,(H,18,22). The van der Waals surface area contributed by atoms with Crippen LogP contribution in [0.4, 0.5) is 0 Å². The second-order valence-electron chi connectivity index (χ2n) is 5.26. The van der Waals surface area contributed by atoms with Gasteiger partial charge >= 0.3 is 11.1 Å². The Hall–Kier alpha value is -2.94. The Morgan fingerprint density at radius 2 is 2.08 bits per heavy atom. The summed E-state index contributed by atoms with van der Waals surface area (Å²) in [6, 6.07) is 8.63. The number of nitrogens with one attached hydrogen (secondary N) is 1. The number of H-pyrrole nitrogens is 1. The van der Waals surface area contributed by atoms with Crippen molar-refractivity contribution in [2.75, 3.05) is 0 Å². The van der Waals surface area contributed by atoms with E-state index < -0.39 is 11.1 Å². The fourth-order valence-electron chi connectivity index (χ4n) is 2.60. The van der Waals surface area contributed by atoms with Crippen LogP contribution >= 0.6 is 15.9 Å². The zero-order valence-electron chi connectivity index (χ0n) is 12.9. The van der Waals surface area contributed by atoms with Gasteiger partial charge in [0, 0.05) is 12.1 Å². The monoisotopic (exact) mass is 402 g/mol. The number of aromatic nitrogens is 4. The zero-order valence-corrected chi connectivity index (χ0v) is 14.5. The van der Waals surface area contributed by atoms with Crippen LogP contribution in [0, 0.1) is 0 Å². The minimum Gasteiger partial charge on any atom is -0.446 e. The molecule has 0 saturated carbocycles. The Balaban J connectivity index is 1.83. The Kier molecular flexibility index (Phi) is 3.65. The van der Waals surface area contributed by atoms with E-state index in [1.54, 1.807) is 37.3 Å². The second-order valence-corrected chi connectivity index (χ2v) is 6.04. The minimum atomic E-state index is -0.668. The molecule has 0 aliphatic carbocycles. The van der Waals surface area contributed by atoms with Crippen molar-refractivity contribution in [3.05, 3.63) is 55.7 Å². The highest BCUT2D eigenvalue weighted by Crippen LogP contribution is 2.26. The molecule has 0 amide bonds. The summed E-state index contributed by atoms with van der Waals surface area (Å²) in [4.78, 5) is 30.6. The van der Waals surface area contributed by atoms with Crippen molar-refractivity contribution in [3.8, 4) is 23.0 Å². The van der Waals surface area contributed by atoms with Crippen molar-refractivity contribution >= 4 is 27.0 Å². The number of hydrogen-bond donors (Lipinski definition) is 1. The molecule has 8 nitrogen and oxygen atoms in total. The van der Waals surface area contributed by atoms with Crippen molar-refractivity contribution in [1.82, 2.24) is 19.7 Å². The summed E-state index contributed by atoms with van der Waals surface area (Å²) in [6.07, 6.45) is 0. The highest BCUT2D eigenvalue weighted by molar-refractivity contribution is 9.10. The lowest BCUT2D eigenvalue weighted by molar-refractivity contribution is 0.429. The molecular formula is C16H11BrN4O4. The molecule has 0 radical (unpaired) electrons. The molecular weight excluding hydrogens is 392 g/mol. The van der Waals surface area contributed by atoms with E-state index in [0.29, 0.717) is 39.4 Å². The van der Waals surface area contributed by atoms with Gasteiger partial charge in [-0.15, -0.1) is 0 Å². The third kappa shape index (κ3) is 2.62. The van der Waals surface area contributed by atoms with E-state index in [1.165, 1.54) is 4.57 Å². The number of furan rings is 1. The van der Waals surface area contributed by atoms with Gasteiger partial charge in [0.25, 0.3) is 5.89 Å². The molecule has 0 bridgehead atoms. The first-order chi connectivity index (χ1) is 12.1. The molecule has 0 aliphatic rings. The van der Waals surface area contributed by atoms with Crippen LogP contribution in [0.2, 0.25) is 0 Å². The van der Waals surface area contributed by atoms with Crippen LogP contribution in [-0.4, -0.2) is 19.7 Å². The largest absolute Gasteiger partial charge is 0.446 e. The molecule has 1 aromatic carbocycles. The van der Waals surface area contributed by atoms with Crippen molar-refractivity contribution in [1.29, 1.82) is 0 Å². The number of aromatic amines is 1. The molecule has 25 heavy (non-hydrogen) atoms. The third-order valence-electron chi connectivity index (χ3n) is 3.76. The molecule has 4 rings (SSSR count). The van der Waals surface area contributed by atoms with E-state index in [1.807, 2.05) is 0 Å². The van der Waals surface area contributed by atoms with Gasteiger partial charge in [0.2, 0.25) is 5.82 Å². The number of halogens is 1. The number of rotatable bonds is 3. The minimum absolute atomic E-state index is 0.277. The highest BCUT2D eigenvalue weighted by Gasteiger charge is 2.15. The number of fused-ring (bicyclic) bond motifs is 1. The van der Waals surface area contributed by atoms with Crippen LogP contribution in [-0.2, 0) is 6.54 Å². The van der Waals surface area contributed by atoms with Gasteiger partial charge < -0.3 is 18.5 Å². The van der Waals surface area contributed by atoms with E-state index in [4.69, 9.17) is 8.94 Å². The van der Waals surface area contributed by atoms with E-state index in [9.17, 15) is 9.59 Å². The maximum atomic E-state index is 11.9. The quantitative estimate of drug-likeness (QED) is 0.528. The molecule has 0 saturated heterocycles. The van der Waals surface area contributed by atoms with Gasteiger partial charge in [-0.25, -0.2) is 0 Å². The Morgan fingerprint density at radius 1 is 1.24 bits per heavy atom. The first kappa shape index (κ1) is 15.6. The lowest BCUT2D eigenvalue weighted by atomic mass is 10.2. The Morgan fingerprint density at radius 3 is 2.80 bits per heavy atom. The van der Waals surface area contributed by atoms with Crippen LogP contribution in [0.25, 0.3) is 34.1 Å². The summed E-state index contributed by atoms with van der Waals surface area (Å²) in [5.74, 6) is 1.06. The normalized spacial score (nSPS) is 11.3. The van der Waals surface area contributed by atoms with Crippen molar-refractivity contribution in [2.24, 2.45) is 0 Å². The fraction of sp³-hybridized carbons (Fsp3) is 0.125. The highest BCUT2D eigenvalue weighted by atomic mass is 79.9. The van der Waals surface area contributed by atoms with Gasteiger partial charge in [-0.3, -0.25) is 9.59 Å². The molecule has 126 valence electrons. The van der Waals surface area contributed by atoms with E-state index in [2.05, 4.69) is 31.1 Å². The van der Waals surface area contributed by atoms with Crippen molar-refractivity contribution < 1.29 is 8.94 Å². The maximum Gasteiger partial charge on any atom is 0.316 e. The molecule has 9 heteroatoms. The topological polar surface area (TPSA) is 107 Å². The summed E-state index contributed by atoms with van der Waals surface area (Å²) in [5, 5.41) is 3.89. The van der Waals surface area contributed by atoms with Crippen molar-refractivity contribution in [2.45, 2.75) is 13.5 Å². The summed E-state index contributed by atoms with van der Waals surface area (Å²) in [7, 11) is 0. The lowest BCUT2D eigenvalue weighted by Crippen LogP contribution is -2.35. The molecule has 3 aromatic heterocycles. The van der Waals surface area contributed by atoms with Gasteiger partial charge in [-0.05, 0) is 53.2 Å². The van der Waals surface area contributed by atoms with Gasteiger partial charge in [0.05, 0.1) is 11.0 Å². The summed E-state index contributed by atoms with van der Waals surface area (Å²) in [6.45, 7) is 2.21. The van der Waals surface area contributed by atoms with Crippen LogP contribution in [0.3, 0.4) is 0 Å². The van der Waals surface area contributed by atoms with Gasteiger partial charge in [-0.2, -0.15) is 4.98 Å². The molecule has 0 fully saturated rings. The van der Waals surface area contributed by atoms with Crippen LogP contribution in [0.5, 0.6) is 0 Å².